The van der Waals surface area contributed by atoms with Gasteiger partial charge in [-0.3, -0.25) is 10.1 Å². The van der Waals surface area contributed by atoms with Crippen LogP contribution in [-0.2, 0) is 6.42 Å². The van der Waals surface area contributed by atoms with E-state index in [9.17, 15) is 10.1 Å². The Morgan fingerprint density at radius 1 is 0.929 bits per heavy atom. The van der Waals surface area contributed by atoms with Crippen LogP contribution in [-0.4, -0.2) is 29.6 Å². The van der Waals surface area contributed by atoms with Gasteiger partial charge in [-0.2, -0.15) is 0 Å². The van der Waals surface area contributed by atoms with Crippen LogP contribution in [0.4, 0.5) is 11.4 Å². The monoisotopic (exact) mass is 395 g/mol. The van der Waals surface area contributed by atoms with Gasteiger partial charge in [-0.05, 0) is 43.0 Å². The highest BCUT2D eigenvalue weighted by Crippen LogP contribution is 2.35. The second-order valence-electron chi connectivity index (χ2n) is 7.03. The molecular formula is C22H22ClN3O2. The summed E-state index contributed by atoms with van der Waals surface area (Å²) in [5, 5.41) is 18.5. The molecule has 0 aromatic heterocycles. The van der Waals surface area contributed by atoms with Gasteiger partial charge in [0.25, 0.3) is 5.69 Å². The van der Waals surface area contributed by atoms with E-state index < -0.39 is 0 Å². The molecule has 5 nitrogen and oxygen atoms in total. The zero-order valence-electron chi connectivity index (χ0n) is 15.6. The average molecular weight is 396 g/mol. The van der Waals surface area contributed by atoms with E-state index in [-0.39, 0.29) is 10.6 Å². The molecule has 0 radical (unpaired) electrons. The molecule has 3 aromatic rings. The summed E-state index contributed by atoms with van der Waals surface area (Å²) in [6.45, 7) is 2.73. The van der Waals surface area contributed by atoms with E-state index in [2.05, 4.69) is 16.1 Å². The number of hydrazine groups is 1. The molecule has 1 fully saturated rings. The molecule has 0 aliphatic carbocycles. The first-order valence-electron chi connectivity index (χ1n) is 9.57. The molecule has 144 valence electrons. The van der Waals surface area contributed by atoms with Crippen molar-refractivity contribution in [2.75, 3.05) is 24.6 Å². The Bertz CT molecular complexity index is 1010. The van der Waals surface area contributed by atoms with Gasteiger partial charge in [-0.25, -0.2) is 5.01 Å². The maximum absolute atomic E-state index is 11.4. The first-order valence-corrected chi connectivity index (χ1v) is 9.95. The molecule has 0 N–H and O–H groups in total. The predicted molar refractivity (Wildman–Crippen MR) is 114 cm³/mol. The van der Waals surface area contributed by atoms with Crippen LogP contribution >= 0.6 is 11.6 Å². The number of hydrogen-bond donors (Lipinski definition) is 0. The number of anilines is 1. The van der Waals surface area contributed by atoms with Crippen molar-refractivity contribution in [2.45, 2.75) is 19.3 Å². The minimum Gasteiger partial charge on any atom is -0.305 e. The topological polar surface area (TPSA) is 49.6 Å². The van der Waals surface area contributed by atoms with Gasteiger partial charge in [-0.15, -0.1) is 0 Å². The SMILES string of the molecule is O=[N+]([O-])c1ccc(N2CCCCN2CCc2ccccc2Cl)c2ccccc12. The van der Waals surface area contributed by atoms with E-state index in [1.165, 1.54) is 0 Å². The molecule has 6 heteroatoms. The normalized spacial score (nSPS) is 15.1. The van der Waals surface area contributed by atoms with E-state index in [0.717, 1.165) is 60.6 Å². The van der Waals surface area contributed by atoms with Crippen molar-refractivity contribution in [3.05, 3.63) is 81.4 Å². The highest BCUT2D eigenvalue weighted by molar-refractivity contribution is 6.31. The number of rotatable bonds is 5. The van der Waals surface area contributed by atoms with Gasteiger partial charge in [-0.1, -0.05) is 48.0 Å². The summed E-state index contributed by atoms with van der Waals surface area (Å²) < 4.78 is 0. The van der Waals surface area contributed by atoms with Gasteiger partial charge >= 0.3 is 0 Å². The minimum absolute atomic E-state index is 0.152. The van der Waals surface area contributed by atoms with Crippen LogP contribution in [0.15, 0.2) is 60.7 Å². The third kappa shape index (κ3) is 3.68. The standard InChI is InChI=1S/C22H22ClN3O2/c23-20-10-4-1-7-17(20)13-16-24-14-5-6-15-25(24)21-11-12-22(26(27)28)19-9-3-2-8-18(19)21/h1-4,7-12H,5-6,13-16H2. The first kappa shape index (κ1) is 18.7. The van der Waals surface area contributed by atoms with Gasteiger partial charge in [0.05, 0.1) is 16.0 Å². The molecule has 0 spiro atoms. The number of benzene rings is 3. The van der Waals surface area contributed by atoms with Crippen LogP contribution < -0.4 is 5.01 Å². The Morgan fingerprint density at radius 2 is 1.64 bits per heavy atom. The lowest BCUT2D eigenvalue weighted by atomic mass is 10.1. The molecule has 0 unspecified atom stereocenters. The number of nitrogens with zero attached hydrogens (tertiary/aromatic N) is 3. The quantitative estimate of drug-likeness (QED) is 0.425. The van der Waals surface area contributed by atoms with Crippen LogP contribution in [0.2, 0.25) is 5.02 Å². The molecule has 1 heterocycles. The van der Waals surface area contributed by atoms with Crippen LogP contribution in [0.3, 0.4) is 0 Å². The van der Waals surface area contributed by atoms with Crippen LogP contribution in [0.25, 0.3) is 10.8 Å². The zero-order chi connectivity index (χ0) is 19.5. The Kier molecular flexibility index (Phi) is 5.46. The number of nitro benzene ring substituents is 1. The fraction of sp³-hybridized carbons (Fsp3) is 0.273. The van der Waals surface area contributed by atoms with Crippen LogP contribution in [0, 0.1) is 10.1 Å². The fourth-order valence-electron chi connectivity index (χ4n) is 3.93. The maximum Gasteiger partial charge on any atom is 0.277 e. The van der Waals surface area contributed by atoms with Gasteiger partial charge in [0.15, 0.2) is 0 Å². The average Bonchev–Trinajstić information content (AvgIpc) is 2.72. The van der Waals surface area contributed by atoms with E-state index in [4.69, 9.17) is 11.6 Å². The first-order chi connectivity index (χ1) is 13.6. The minimum atomic E-state index is -0.308. The van der Waals surface area contributed by atoms with Crippen molar-refractivity contribution < 1.29 is 4.92 Å². The number of nitro groups is 1. The molecule has 0 amide bonds. The third-order valence-corrected chi connectivity index (χ3v) is 5.70. The number of halogens is 1. The largest absolute Gasteiger partial charge is 0.305 e. The second kappa shape index (κ2) is 8.17. The fourth-order valence-corrected chi connectivity index (χ4v) is 4.16. The maximum atomic E-state index is 11.4. The summed E-state index contributed by atoms with van der Waals surface area (Å²) in [7, 11) is 0. The van der Waals surface area contributed by atoms with E-state index in [1.54, 1.807) is 6.07 Å². The van der Waals surface area contributed by atoms with E-state index in [1.807, 2.05) is 48.5 Å². The van der Waals surface area contributed by atoms with E-state index in [0.29, 0.717) is 5.39 Å². The number of hydrogen-bond acceptors (Lipinski definition) is 4. The van der Waals surface area contributed by atoms with Crippen molar-refractivity contribution in [1.82, 2.24) is 5.01 Å². The lowest BCUT2D eigenvalue weighted by molar-refractivity contribution is -0.383. The highest BCUT2D eigenvalue weighted by atomic mass is 35.5. The summed E-state index contributed by atoms with van der Waals surface area (Å²) in [5.74, 6) is 0. The lowest BCUT2D eigenvalue weighted by Gasteiger charge is -2.41. The second-order valence-corrected chi connectivity index (χ2v) is 7.44. The van der Waals surface area contributed by atoms with Gasteiger partial charge in [0, 0.05) is 36.1 Å². The Balaban J connectivity index is 1.66. The van der Waals surface area contributed by atoms with Crippen LogP contribution in [0.1, 0.15) is 18.4 Å². The molecule has 0 bridgehead atoms. The Morgan fingerprint density at radius 3 is 2.43 bits per heavy atom. The van der Waals surface area contributed by atoms with E-state index >= 15 is 0 Å². The predicted octanol–water partition coefficient (Wildman–Crippen LogP) is 5.46. The van der Waals surface area contributed by atoms with Crippen molar-refractivity contribution in [1.29, 1.82) is 0 Å². The molecule has 4 rings (SSSR count). The third-order valence-electron chi connectivity index (χ3n) is 5.33. The number of non-ortho nitro benzene ring substituents is 1. The van der Waals surface area contributed by atoms with Crippen molar-refractivity contribution >= 4 is 33.7 Å². The molecule has 0 saturated carbocycles. The zero-order valence-corrected chi connectivity index (χ0v) is 16.3. The van der Waals surface area contributed by atoms with Gasteiger partial charge in [0.2, 0.25) is 0 Å². The molecule has 1 aliphatic heterocycles. The van der Waals surface area contributed by atoms with Crippen molar-refractivity contribution in [3.8, 4) is 0 Å². The van der Waals surface area contributed by atoms with Gasteiger partial charge in [0.1, 0.15) is 0 Å². The molecule has 28 heavy (non-hydrogen) atoms. The Labute approximate surface area is 169 Å². The summed E-state index contributed by atoms with van der Waals surface area (Å²) in [6.07, 6.45) is 3.11. The summed E-state index contributed by atoms with van der Waals surface area (Å²) in [6, 6.07) is 19.0. The smallest absolute Gasteiger partial charge is 0.277 e. The molecule has 1 aliphatic rings. The lowest BCUT2D eigenvalue weighted by Crippen LogP contribution is -2.48. The highest BCUT2D eigenvalue weighted by Gasteiger charge is 2.24. The summed E-state index contributed by atoms with van der Waals surface area (Å²) in [5.41, 5.74) is 2.32. The molecule has 1 saturated heterocycles. The Hall–Kier alpha value is -2.63. The van der Waals surface area contributed by atoms with Crippen molar-refractivity contribution in [3.63, 3.8) is 0 Å². The van der Waals surface area contributed by atoms with Crippen LogP contribution in [0.5, 0.6) is 0 Å². The molecular weight excluding hydrogens is 374 g/mol. The summed E-state index contributed by atoms with van der Waals surface area (Å²) >= 11 is 6.32. The number of fused-ring (bicyclic) bond motifs is 1. The van der Waals surface area contributed by atoms with Crippen molar-refractivity contribution in [2.24, 2.45) is 0 Å². The van der Waals surface area contributed by atoms with Gasteiger partial charge < -0.3 is 5.01 Å². The summed E-state index contributed by atoms with van der Waals surface area (Å²) in [4.78, 5) is 11.1. The molecule has 3 aromatic carbocycles. The molecule has 0 atom stereocenters.